The zero-order valence-corrected chi connectivity index (χ0v) is 47.0. The minimum absolute atomic E-state index is 0. The Morgan fingerprint density at radius 1 is 0.961 bits per heavy atom. The molecule has 9 heterocycles. The van der Waals surface area contributed by atoms with Gasteiger partial charge in [0.1, 0.15) is 17.9 Å². The minimum Gasteiger partial charge on any atom is -0.464 e. The number of benzene rings is 1. The molecule has 18 heteroatoms. The van der Waals surface area contributed by atoms with Crippen molar-refractivity contribution < 1.29 is 36.2 Å². The number of carbonyl (C=O) groups excluding carboxylic acids is 3. The number of rotatable bonds is 11. The van der Waals surface area contributed by atoms with Crippen LogP contribution < -0.4 is 31.1 Å². The number of hydrogen-bond acceptors (Lipinski definition) is 15. The predicted octanol–water partition coefficient (Wildman–Crippen LogP) is 5.75. The summed E-state index contributed by atoms with van der Waals surface area (Å²) < 4.78 is 27.2. The number of esters is 1. The third kappa shape index (κ3) is 11.4. The van der Waals surface area contributed by atoms with Crippen molar-refractivity contribution in [2.45, 2.75) is 117 Å². The summed E-state index contributed by atoms with van der Waals surface area (Å²) in [5.41, 5.74) is 13.4. The lowest BCUT2D eigenvalue weighted by Crippen LogP contribution is -2.75. The average Bonchev–Trinajstić information content (AvgIpc) is 4.02. The highest BCUT2D eigenvalue weighted by atomic mass is 16.5. The first-order valence-corrected chi connectivity index (χ1v) is 28.6. The van der Waals surface area contributed by atoms with Crippen molar-refractivity contribution in [1.82, 2.24) is 35.0 Å². The smallest absolute Gasteiger partial charge is 0.322 e. The van der Waals surface area contributed by atoms with Gasteiger partial charge in [0.05, 0.1) is 73.9 Å². The van der Waals surface area contributed by atoms with Gasteiger partial charge in [0.25, 0.3) is 0 Å². The van der Waals surface area contributed by atoms with Crippen LogP contribution in [0, 0.1) is 22.7 Å². The normalized spacial score (nSPS) is 26.5. The molecule has 2 amide bonds. The molecule has 0 unspecified atom stereocenters. The van der Waals surface area contributed by atoms with Crippen LogP contribution >= 0.6 is 0 Å². The standard InChI is InChI=1S/C59H85N11O7.2H2/c1-9-69-46-18-17-40-28-42(46)44(53(69)43-29-41(31-63-51(43)39(4)74-8)66-24-22-65(7)23-25-66)30-58(5,6)35-77-57(73)45(60)14-12-20-62-56(72)52(54(48-32-67(40)26-27-76-48)68-33-59(34-68)36-75-37-59)64-55(71)50(38(2)3)47-15-13-21-70(47)49-16-10-11-19-61-49;;/h10-11,16-19,28-29,31,38-39,45,47-48,50,52,54H,9,12-15,20-27,30,32-37,60H2,1-8H3,(H,62,72)(H,64,71);2*1H/t39-,45-,47+,48+,50-,52-,54+;;/m0../s1. The number of pyridine rings is 2. The summed E-state index contributed by atoms with van der Waals surface area (Å²) in [6.45, 7) is 22.8. The van der Waals surface area contributed by atoms with E-state index in [1.165, 1.54) is 0 Å². The van der Waals surface area contributed by atoms with Gasteiger partial charge in [-0.2, -0.15) is 0 Å². The zero-order valence-electron chi connectivity index (χ0n) is 47.0. The Morgan fingerprint density at radius 2 is 1.75 bits per heavy atom. The number of likely N-dealkylation sites (tertiary alicyclic amines) is 1. The summed E-state index contributed by atoms with van der Waals surface area (Å²) in [5.74, 6) is -0.510. The van der Waals surface area contributed by atoms with Gasteiger partial charge in [0.2, 0.25) is 11.8 Å². The topological polar surface area (TPSA) is 185 Å². The number of nitrogens with two attached hydrogens (primary N) is 1. The molecule has 4 bridgehead atoms. The van der Waals surface area contributed by atoms with Crippen molar-refractivity contribution in [2.24, 2.45) is 28.4 Å². The quantitative estimate of drug-likeness (QED) is 0.154. The van der Waals surface area contributed by atoms with Crippen LogP contribution in [-0.2, 0) is 46.3 Å². The SMILES string of the molecule is CCn1c(-c2cc(N3CCN(C)CC3)cnc2[C@H](C)OC)c2c3cc(ccc31)N1CCO[C@H](C1)[C@@H](N1CC3(COC3)C1)[C@H](NC(=O)[C@@H](C(C)C)[C@H]1CCCN1c1ccccn1)C(=O)NCCC[C@H](N)C(=O)OCC(C)(C)C2.[HH].[HH]. The third-order valence-electron chi connectivity index (χ3n) is 17.5. The number of hydrogen-bond donors (Lipinski definition) is 3. The molecule has 0 aliphatic carbocycles. The number of fused-ring (bicyclic) bond motifs is 4. The molecular formula is C59H89N11O7. The molecule has 5 fully saturated rings. The largest absolute Gasteiger partial charge is 0.464 e. The fourth-order valence-corrected chi connectivity index (χ4v) is 13.2. The van der Waals surface area contributed by atoms with E-state index >= 15 is 9.59 Å². The lowest BCUT2D eigenvalue weighted by Gasteiger charge is -2.59. The molecule has 6 aliphatic heterocycles. The number of nitrogens with zero attached hydrogens (tertiary/aromatic N) is 8. The maximum absolute atomic E-state index is 15.3. The molecule has 1 aromatic carbocycles. The number of methoxy groups -OCH3 is 1. The molecule has 422 valence electrons. The molecule has 4 aromatic rings. The first-order chi connectivity index (χ1) is 37.1. The Labute approximate surface area is 458 Å². The van der Waals surface area contributed by atoms with E-state index in [-0.39, 0.29) is 51.3 Å². The summed E-state index contributed by atoms with van der Waals surface area (Å²) >= 11 is 0. The number of aromatic nitrogens is 3. The van der Waals surface area contributed by atoms with E-state index in [9.17, 15) is 4.79 Å². The number of cyclic esters (lactones) is 1. The summed E-state index contributed by atoms with van der Waals surface area (Å²) in [6, 6.07) is 12.6. The van der Waals surface area contributed by atoms with E-state index in [0.717, 1.165) is 109 Å². The van der Waals surface area contributed by atoms with Crippen molar-refractivity contribution in [1.29, 1.82) is 0 Å². The number of anilines is 3. The molecule has 3 aromatic heterocycles. The van der Waals surface area contributed by atoms with Crippen molar-refractivity contribution in [3.05, 3.63) is 66.1 Å². The molecule has 18 nitrogen and oxygen atoms in total. The van der Waals surface area contributed by atoms with Crippen molar-refractivity contribution in [2.75, 3.05) is 121 Å². The van der Waals surface area contributed by atoms with E-state index in [4.69, 9.17) is 34.6 Å². The molecule has 6 aliphatic rings. The van der Waals surface area contributed by atoms with Crippen LogP contribution in [0.15, 0.2) is 54.9 Å². The summed E-state index contributed by atoms with van der Waals surface area (Å²) in [5, 5.41) is 7.73. The van der Waals surface area contributed by atoms with E-state index in [1.54, 1.807) is 13.3 Å². The third-order valence-corrected chi connectivity index (χ3v) is 17.5. The Morgan fingerprint density at radius 3 is 2.45 bits per heavy atom. The molecule has 5 saturated heterocycles. The Balaban J connectivity index is 0.00000411. The van der Waals surface area contributed by atoms with E-state index < -0.39 is 41.5 Å². The Bertz CT molecular complexity index is 2730. The maximum Gasteiger partial charge on any atom is 0.322 e. The van der Waals surface area contributed by atoms with Gasteiger partial charge in [-0.05, 0) is 101 Å². The number of piperazine rings is 1. The van der Waals surface area contributed by atoms with Crippen molar-refractivity contribution >= 4 is 45.9 Å². The van der Waals surface area contributed by atoms with Gasteiger partial charge < -0.3 is 59.5 Å². The summed E-state index contributed by atoms with van der Waals surface area (Å²) in [7, 11) is 3.90. The average molecular weight is 1060 g/mol. The van der Waals surface area contributed by atoms with Gasteiger partial charge in [0.15, 0.2) is 0 Å². The van der Waals surface area contributed by atoms with Crippen LogP contribution in [0.25, 0.3) is 22.2 Å². The van der Waals surface area contributed by atoms with Gasteiger partial charge in [-0.15, -0.1) is 0 Å². The highest BCUT2D eigenvalue weighted by molar-refractivity contribution is 5.95. The van der Waals surface area contributed by atoms with Gasteiger partial charge in [-0.1, -0.05) is 33.8 Å². The lowest BCUT2D eigenvalue weighted by atomic mass is 9.75. The second-order valence-corrected chi connectivity index (χ2v) is 24.1. The first-order valence-electron chi connectivity index (χ1n) is 28.6. The van der Waals surface area contributed by atoms with Gasteiger partial charge in [-0.3, -0.25) is 24.3 Å². The van der Waals surface area contributed by atoms with Crippen LogP contribution in [0.4, 0.5) is 17.2 Å². The number of carbonyl (C=O) groups is 3. The predicted molar refractivity (Wildman–Crippen MR) is 304 cm³/mol. The second kappa shape index (κ2) is 23.1. The van der Waals surface area contributed by atoms with Crippen molar-refractivity contribution in [3.8, 4) is 11.3 Å². The van der Waals surface area contributed by atoms with Crippen molar-refractivity contribution in [3.63, 3.8) is 0 Å². The highest BCUT2D eigenvalue weighted by Gasteiger charge is 2.55. The zero-order chi connectivity index (χ0) is 54.2. The number of nitrogens with one attached hydrogen (secondary N) is 2. The minimum atomic E-state index is -0.961. The van der Waals surface area contributed by atoms with E-state index in [1.807, 2.05) is 24.4 Å². The molecular weight excluding hydrogens is 975 g/mol. The number of morpholine rings is 1. The molecule has 0 saturated carbocycles. The van der Waals surface area contributed by atoms with Gasteiger partial charge in [0, 0.05) is 127 Å². The van der Waals surface area contributed by atoms with Crippen LogP contribution in [-0.4, -0.2) is 178 Å². The number of amides is 2. The van der Waals surface area contributed by atoms with E-state index in [0.29, 0.717) is 58.7 Å². The molecule has 0 radical (unpaired) electrons. The Hall–Kier alpha value is -5.37. The fourth-order valence-electron chi connectivity index (χ4n) is 13.2. The molecule has 7 atom stereocenters. The molecule has 1 spiro atoms. The van der Waals surface area contributed by atoms with E-state index in [2.05, 4.69) is 113 Å². The van der Waals surface area contributed by atoms with Crippen LogP contribution in [0.1, 0.15) is 87.4 Å². The summed E-state index contributed by atoms with van der Waals surface area (Å²) in [6.07, 6.45) is 6.18. The summed E-state index contributed by atoms with van der Waals surface area (Å²) in [4.78, 5) is 65.9. The molecule has 4 N–H and O–H groups in total. The molecule has 10 rings (SSSR count). The van der Waals surface area contributed by atoms with Crippen LogP contribution in [0.2, 0.25) is 0 Å². The monoisotopic (exact) mass is 1060 g/mol. The van der Waals surface area contributed by atoms with Crippen LogP contribution in [0.5, 0.6) is 0 Å². The Kier molecular flexibility index (Phi) is 16.5. The fraction of sp³-hybridized carbons (Fsp3) is 0.644. The number of aryl methyl sites for hydroxylation is 1. The first kappa shape index (κ1) is 55.0. The highest BCUT2D eigenvalue weighted by Crippen LogP contribution is 2.45. The lowest BCUT2D eigenvalue weighted by molar-refractivity contribution is -0.212. The number of likely N-dealkylation sites (N-methyl/N-ethyl adjacent to an activating group) is 1. The number of ether oxygens (including phenoxy) is 4. The van der Waals surface area contributed by atoms with Gasteiger partial charge in [-0.25, -0.2) is 4.98 Å². The molecule has 77 heavy (non-hydrogen) atoms. The maximum atomic E-state index is 15.3. The van der Waals surface area contributed by atoms with Gasteiger partial charge >= 0.3 is 5.97 Å². The van der Waals surface area contributed by atoms with Crippen LogP contribution in [0.3, 0.4) is 0 Å². The second-order valence-electron chi connectivity index (χ2n) is 24.1.